The molecular formula is C10H13FN4O3. The smallest absolute Gasteiger partial charge is 0.407 e. The average Bonchev–Trinajstić information content (AvgIpc) is 2.36. The van der Waals surface area contributed by atoms with Crippen LogP contribution in [0, 0.1) is 5.82 Å². The van der Waals surface area contributed by atoms with E-state index in [1.165, 1.54) is 19.2 Å². The molecule has 0 spiro atoms. The van der Waals surface area contributed by atoms with Gasteiger partial charge in [-0.2, -0.15) is 0 Å². The number of hydrazine groups is 2. The lowest BCUT2D eigenvalue weighted by atomic mass is 10.2. The molecule has 0 fully saturated rings. The van der Waals surface area contributed by atoms with Gasteiger partial charge in [0.25, 0.3) is 5.91 Å². The first-order chi connectivity index (χ1) is 8.52. The van der Waals surface area contributed by atoms with Crippen molar-refractivity contribution in [3.05, 3.63) is 35.6 Å². The Hall–Kier alpha value is -2.19. The molecule has 0 heterocycles. The summed E-state index contributed by atoms with van der Waals surface area (Å²) in [7, 11) is 1.20. The van der Waals surface area contributed by atoms with Gasteiger partial charge in [0.05, 0.1) is 7.11 Å². The molecule has 8 heteroatoms. The molecule has 0 saturated heterocycles. The minimum absolute atomic E-state index is 0.139. The first-order valence-corrected chi connectivity index (χ1v) is 4.93. The van der Waals surface area contributed by atoms with Gasteiger partial charge in [0, 0.05) is 5.56 Å². The minimum Gasteiger partial charge on any atom is -0.453 e. The van der Waals surface area contributed by atoms with Crippen LogP contribution in [0.25, 0.3) is 0 Å². The number of benzene rings is 1. The van der Waals surface area contributed by atoms with Gasteiger partial charge < -0.3 is 10.1 Å². The lowest BCUT2D eigenvalue weighted by Crippen LogP contribution is -2.52. The van der Waals surface area contributed by atoms with Crippen LogP contribution in [0.5, 0.6) is 0 Å². The molecule has 1 aromatic carbocycles. The molecule has 0 aromatic heterocycles. The minimum atomic E-state index is -0.679. The van der Waals surface area contributed by atoms with Crippen molar-refractivity contribution in [3.8, 4) is 0 Å². The lowest BCUT2D eigenvalue weighted by molar-refractivity contribution is 0.0764. The quantitative estimate of drug-likeness (QED) is 0.399. The standard InChI is InChI=1S/C10H13FN4O3/c1-18-10(17)13-6-15(12)14-9(16)7-2-4-8(11)5-3-7/h2-5H,6,12H2,1H3,(H,13,17)(H,14,16). The maximum Gasteiger partial charge on any atom is 0.407 e. The lowest BCUT2D eigenvalue weighted by Gasteiger charge is -2.17. The average molecular weight is 256 g/mol. The summed E-state index contributed by atoms with van der Waals surface area (Å²) >= 11 is 0. The largest absolute Gasteiger partial charge is 0.453 e. The van der Waals surface area contributed by atoms with Crippen LogP contribution in [0.3, 0.4) is 0 Å². The number of hydrogen-bond donors (Lipinski definition) is 3. The van der Waals surface area contributed by atoms with E-state index < -0.39 is 17.8 Å². The van der Waals surface area contributed by atoms with Gasteiger partial charge >= 0.3 is 6.09 Å². The second kappa shape index (κ2) is 6.52. The molecule has 0 aliphatic heterocycles. The number of methoxy groups -OCH3 is 1. The molecule has 2 amide bonds. The SMILES string of the molecule is COC(=O)NCN(N)NC(=O)c1ccc(F)cc1. The van der Waals surface area contributed by atoms with Gasteiger partial charge in [-0.1, -0.05) is 0 Å². The number of carbonyl (C=O) groups excluding carboxylic acids is 2. The predicted molar refractivity (Wildman–Crippen MR) is 60.3 cm³/mol. The number of hydrogen-bond acceptors (Lipinski definition) is 5. The van der Waals surface area contributed by atoms with E-state index in [0.29, 0.717) is 0 Å². The normalized spacial score (nSPS) is 10.0. The zero-order valence-electron chi connectivity index (χ0n) is 9.64. The molecule has 0 unspecified atom stereocenters. The summed E-state index contributed by atoms with van der Waals surface area (Å²) in [5, 5.41) is 3.13. The van der Waals surface area contributed by atoms with E-state index in [9.17, 15) is 14.0 Å². The Balaban J connectivity index is 2.44. The summed E-state index contributed by atoms with van der Waals surface area (Å²) in [5.74, 6) is 4.44. The third kappa shape index (κ3) is 4.36. The first-order valence-electron chi connectivity index (χ1n) is 4.93. The summed E-state index contributed by atoms with van der Waals surface area (Å²) < 4.78 is 16.9. The van der Waals surface area contributed by atoms with Crippen LogP contribution in [0.4, 0.5) is 9.18 Å². The fraction of sp³-hybridized carbons (Fsp3) is 0.200. The molecule has 1 aromatic rings. The van der Waals surface area contributed by atoms with Crippen molar-refractivity contribution >= 4 is 12.0 Å². The number of ether oxygens (including phenoxy) is 1. The highest BCUT2D eigenvalue weighted by Crippen LogP contribution is 2.02. The van der Waals surface area contributed by atoms with Gasteiger partial charge in [0.15, 0.2) is 0 Å². The monoisotopic (exact) mass is 256 g/mol. The Kier molecular flexibility index (Phi) is 5.03. The zero-order chi connectivity index (χ0) is 13.5. The van der Waals surface area contributed by atoms with Gasteiger partial charge in [-0.25, -0.2) is 15.0 Å². The molecule has 1 rings (SSSR count). The molecule has 0 atom stereocenters. The van der Waals surface area contributed by atoms with Crippen LogP contribution in [-0.2, 0) is 4.74 Å². The molecule has 0 radical (unpaired) electrons. The summed E-state index contributed by atoms with van der Waals surface area (Å²) in [6, 6.07) is 4.93. The van der Waals surface area contributed by atoms with Crippen molar-refractivity contribution in [3.63, 3.8) is 0 Å². The van der Waals surface area contributed by atoms with E-state index in [0.717, 1.165) is 17.3 Å². The van der Waals surface area contributed by atoms with Crippen molar-refractivity contribution in [2.45, 2.75) is 0 Å². The second-order valence-electron chi connectivity index (χ2n) is 3.24. The van der Waals surface area contributed by atoms with E-state index in [1.54, 1.807) is 0 Å². The molecule has 7 nitrogen and oxygen atoms in total. The maximum absolute atomic E-state index is 12.6. The van der Waals surface area contributed by atoms with Crippen molar-refractivity contribution in [1.82, 2.24) is 15.9 Å². The highest BCUT2D eigenvalue weighted by Gasteiger charge is 2.09. The highest BCUT2D eigenvalue weighted by atomic mass is 19.1. The molecule has 98 valence electrons. The molecular weight excluding hydrogens is 243 g/mol. The molecule has 0 saturated carbocycles. The van der Waals surface area contributed by atoms with Crippen molar-refractivity contribution < 1.29 is 18.7 Å². The van der Waals surface area contributed by atoms with Crippen molar-refractivity contribution in [2.75, 3.05) is 13.8 Å². The summed E-state index contributed by atoms with van der Waals surface area (Å²) in [6.07, 6.45) is -0.679. The van der Waals surface area contributed by atoms with Crippen LogP contribution in [0.2, 0.25) is 0 Å². The van der Waals surface area contributed by atoms with Gasteiger partial charge in [0.1, 0.15) is 12.5 Å². The molecule has 18 heavy (non-hydrogen) atoms. The molecule has 0 bridgehead atoms. The highest BCUT2D eigenvalue weighted by molar-refractivity contribution is 5.93. The third-order valence-electron chi connectivity index (χ3n) is 1.93. The predicted octanol–water partition coefficient (Wildman–Crippen LogP) is -0.0403. The van der Waals surface area contributed by atoms with Crippen LogP contribution < -0.4 is 16.6 Å². The van der Waals surface area contributed by atoms with Gasteiger partial charge in [-0.3, -0.25) is 10.2 Å². The molecule has 0 aliphatic carbocycles. The fourth-order valence-electron chi connectivity index (χ4n) is 1.06. The van der Waals surface area contributed by atoms with Gasteiger partial charge in [-0.05, 0) is 24.3 Å². The van der Waals surface area contributed by atoms with E-state index in [-0.39, 0.29) is 12.2 Å². The topological polar surface area (TPSA) is 96.7 Å². The Morgan fingerprint density at radius 1 is 1.39 bits per heavy atom. The van der Waals surface area contributed by atoms with E-state index in [2.05, 4.69) is 15.5 Å². The summed E-state index contributed by atoms with van der Waals surface area (Å²) in [5.41, 5.74) is 2.52. The van der Waals surface area contributed by atoms with Crippen LogP contribution >= 0.6 is 0 Å². The number of alkyl carbamates (subject to hydrolysis) is 1. The summed E-state index contributed by atoms with van der Waals surface area (Å²) in [4.78, 5) is 22.3. The fourth-order valence-corrected chi connectivity index (χ4v) is 1.06. The van der Waals surface area contributed by atoms with Gasteiger partial charge in [0.2, 0.25) is 0 Å². The Labute approximate surface area is 103 Å². The number of nitrogens with two attached hydrogens (primary N) is 1. The Bertz CT molecular complexity index is 424. The Morgan fingerprint density at radius 3 is 2.56 bits per heavy atom. The number of amides is 2. The van der Waals surface area contributed by atoms with Crippen molar-refractivity contribution in [2.24, 2.45) is 5.84 Å². The molecule has 4 N–H and O–H groups in total. The third-order valence-corrected chi connectivity index (χ3v) is 1.93. The number of rotatable bonds is 4. The van der Waals surface area contributed by atoms with E-state index in [4.69, 9.17) is 5.84 Å². The van der Waals surface area contributed by atoms with Gasteiger partial charge in [-0.15, -0.1) is 5.12 Å². The van der Waals surface area contributed by atoms with Crippen LogP contribution in [-0.4, -0.2) is 30.9 Å². The van der Waals surface area contributed by atoms with E-state index >= 15 is 0 Å². The Morgan fingerprint density at radius 2 is 2.00 bits per heavy atom. The zero-order valence-corrected chi connectivity index (χ0v) is 9.64. The number of nitrogens with zero attached hydrogens (tertiary/aromatic N) is 1. The maximum atomic E-state index is 12.6. The van der Waals surface area contributed by atoms with Crippen molar-refractivity contribution in [1.29, 1.82) is 0 Å². The second-order valence-corrected chi connectivity index (χ2v) is 3.24. The number of halogens is 1. The first kappa shape index (κ1) is 13.9. The van der Waals surface area contributed by atoms with E-state index in [1.807, 2.05) is 0 Å². The van der Waals surface area contributed by atoms with Crippen LogP contribution in [0.1, 0.15) is 10.4 Å². The number of carbonyl (C=O) groups is 2. The number of nitrogens with one attached hydrogen (secondary N) is 2. The molecule has 0 aliphatic rings. The van der Waals surface area contributed by atoms with Crippen LogP contribution in [0.15, 0.2) is 24.3 Å². The summed E-state index contributed by atoms with van der Waals surface area (Å²) in [6.45, 7) is -0.139.